The Labute approximate surface area is 225 Å². The minimum Gasteiger partial charge on any atom is -0.481 e. The number of carboxylic acid groups (broad SMARTS) is 2. The van der Waals surface area contributed by atoms with Crippen molar-refractivity contribution >= 4 is 29.7 Å². The van der Waals surface area contributed by atoms with Crippen molar-refractivity contribution in [2.45, 2.75) is 62.9 Å². The van der Waals surface area contributed by atoms with Crippen LogP contribution in [0.5, 0.6) is 0 Å². The van der Waals surface area contributed by atoms with E-state index >= 15 is 0 Å². The van der Waals surface area contributed by atoms with Crippen LogP contribution < -0.4 is 21.7 Å². The van der Waals surface area contributed by atoms with Crippen LogP contribution in [0, 0.1) is 0 Å². The molecule has 12 nitrogen and oxygen atoms in total. The van der Waals surface area contributed by atoms with Crippen LogP contribution in [0.3, 0.4) is 0 Å². The van der Waals surface area contributed by atoms with E-state index in [-0.39, 0.29) is 19.3 Å². The van der Waals surface area contributed by atoms with Crippen molar-refractivity contribution in [1.29, 1.82) is 0 Å². The minimum absolute atomic E-state index is 0.0440. The number of carboxylic acids is 2. The highest BCUT2D eigenvalue weighted by atomic mass is 16.4. The van der Waals surface area contributed by atoms with Gasteiger partial charge in [-0.2, -0.15) is 0 Å². The third-order valence-electron chi connectivity index (χ3n) is 5.88. The minimum atomic E-state index is -1.63. The van der Waals surface area contributed by atoms with Crippen molar-refractivity contribution in [3.63, 3.8) is 0 Å². The molecule has 2 aromatic rings. The predicted molar refractivity (Wildman–Crippen MR) is 140 cm³/mol. The molecule has 12 heteroatoms. The molecule has 0 aliphatic heterocycles. The summed E-state index contributed by atoms with van der Waals surface area (Å²) in [5.41, 5.74) is 7.44. The van der Waals surface area contributed by atoms with Crippen LogP contribution in [0.25, 0.3) is 0 Å². The Kier molecular flexibility index (Phi) is 12.1. The zero-order valence-electron chi connectivity index (χ0n) is 21.4. The molecule has 5 atom stereocenters. The van der Waals surface area contributed by atoms with Gasteiger partial charge in [-0.1, -0.05) is 60.7 Å². The standard InChI is InChI=1S/C27H34N4O8/c1-16(32)23(27(38)39)31-26(37)21(15-18-10-6-3-7-11-18)30-25(36)20(12-13-22(33)34)29-24(35)19(28)14-17-8-4-2-5-9-17/h2-11,16,19-21,23,32H,12-15,28H2,1H3,(H,29,35)(H,30,36)(H,31,37)(H,33,34)(H,38,39). The van der Waals surface area contributed by atoms with Gasteiger partial charge in [-0.3, -0.25) is 19.2 Å². The van der Waals surface area contributed by atoms with Crippen LogP contribution in [0.1, 0.15) is 30.9 Å². The first kappa shape index (κ1) is 30.9. The number of aliphatic hydroxyl groups is 1. The van der Waals surface area contributed by atoms with E-state index in [2.05, 4.69) is 16.0 Å². The smallest absolute Gasteiger partial charge is 0.328 e. The van der Waals surface area contributed by atoms with Crippen molar-refractivity contribution in [2.75, 3.05) is 0 Å². The van der Waals surface area contributed by atoms with E-state index in [1.54, 1.807) is 54.6 Å². The second-order valence-electron chi connectivity index (χ2n) is 9.11. The summed E-state index contributed by atoms with van der Waals surface area (Å²) in [6.07, 6.45) is -2.03. The number of aliphatic hydroxyl groups excluding tert-OH is 1. The maximum absolute atomic E-state index is 13.2. The molecule has 5 unspecified atom stereocenters. The monoisotopic (exact) mass is 542 g/mol. The number of carbonyl (C=O) groups is 5. The number of hydrogen-bond acceptors (Lipinski definition) is 7. The number of hydrogen-bond donors (Lipinski definition) is 7. The average Bonchev–Trinajstić information content (AvgIpc) is 2.89. The van der Waals surface area contributed by atoms with Gasteiger partial charge in [0.1, 0.15) is 12.1 Å². The summed E-state index contributed by atoms with van der Waals surface area (Å²) < 4.78 is 0. The lowest BCUT2D eigenvalue weighted by Crippen LogP contribution is -2.59. The van der Waals surface area contributed by atoms with E-state index in [4.69, 9.17) is 10.8 Å². The number of nitrogens with one attached hydrogen (secondary N) is 3. The summed E-state index contributed by atoms with van der Waals surface area (Å²) in [4.78, 5) is 61.7. The number of nitrogens with two attached hydrogens (primary N) is 1. The fourth-order valence-electron chi connectivity index (χ4n) is 3.75. The number of aliphatic carboxylic acids is 2. The maximum Gasteiger partial charge on any atom is 0.328 e. The Morgan fingerprint density at radius 3 is 1.72 bits per heavy atom. The molecule has 0 fully saturated rings. The first-order valence-electron chi connectivity index (χ1n) is 12.3. The van der Waals surface area contributed by atoms with Gasteiger partial charge in [0.15, 0.2) is 6.04 Å². The Hall–Kier alpha value is -4.29. The van der Waals surface area contributed by atoms with Crippen molar-refractivity contribution in [3.8, 4) is 0 Å². The van der Waals surface area contributed by atoms with Crippen LogP contribution in [0.15, 0.2) is 60.7 Å². The molecule has 2 rings (SSSR count). The molecule has 0 saturated heterocycles. The largest absolute Gasteiger partial charge is 0.481 e. The summed E-state index contributed by atoms with van der Waals surface area (Å²) in [5, 5.41) is 35.4. The molecule has 0 aromatic heterocycles. The van der Waals surface area contributed by atoms with Gasteiger partial charge in [0.2, 0.25) is 17.7 Å². The summed E-state index contributed by atoms with van der Waals surface area (Å²) in [5.74, 6) is -5.09. The SMILES string of the molecule is CC(O)C(NC(=O)C(Cc1ccccc1)NC(=O)C(CCC(=O)O)NC(=O)C(N)Cc1ccccc1)C(=O)O. The summed E-state index contributed by atoms with van der Waals surface area (Å²) in [6, 6.07) is 12.2. The van der Waals surface area contributed by atoms with E-state index in [1.807, 2.05) is 6.07 Å². The summed E-state index contributed by atoms with van der Waals surface area (Å²) in [7, 11) is 0. The zero-order valence-corrected chi connectivity index (χ0v) is 21.4. The fourth-order valence-corrected chi connectivity index (χ4v) is 3.75. The number of carbonyl (C=O) groups excluding carboxylic acids is 3. The van der Waals surface area contributed by atoms with Crippen molar-refractivity contribution in [3.05, 3.63) is 71.8 Å². The molecule has 2 aromatic carbocycles. The van der Waals surface area contributed by atoms with E-state index in [0.717, 1.165) is 5.56 Å². The molecule has 210 valence electrons. The van der Waals surface area contributed by atoms with Crippen molar-refractivity contribution < 1.29 is 39.3 Å². The van der Waals surface area contributed by atoms with Gasteiger partial charge >= 0.3 is 11.9 Å². The maximum atomic E-state index is 13.2. The van der Waals surface area contributed by atoms with E-state index < -0.39 is 66.4 Å². The zero-order chi connectivity index (χ0) is 28.9. The van der Waals surface area contributed by atoms with Crippen molar-refractivity contribution in [1.82, 2.24) is 16.0 Å². The third kappa shape index (κ3) is 10.5. The van der Waals surface area contributed by atoms with Gasteiger partial charge in [0.25, 0.3) is 0 Å². The van der Waals surface area contributed by atoms with Gasteiger partial charge in [0.05, 0.1) is 12.1 Å². The van der Waals surface area contributed by atoms with Gasteiger partial charge in [-0.15, -0.1) is 0 Å². The Bertz CT molecular complexity index is 1130. The Morgan fingerprint density at radius 2 is 1.23 bits per heavy atom. The highest BCUT2D eigenvalue weighted by Gasteiger charge is 2.32. The molecule has 39 heavy (non-hydrogen) atoms. The molecule has 0 aliphatic carbocycles. The molecule has 0 aliphatic rings. The molecule has 0 radical (unpaired) electrons. The predicted octanol–water partition coefficient (Wildman–Crippen LogP) is -0.416. The summed E-state index contributed by atoms with van der Waals surface area (Å²) >= 11 is 0. The Morgan fingerprint density at radius 1 is 0.744 bits per heavy atom. The highest BCUT2D eigenvalue weighted by Crippen LogP contribution is 2.08. The van der Waals surface area contributed by atoms with E-state index in [0.29, 0.717) is 5.56 Å². The lowest BCUT2D eigenvalue weighted by Gasteiger charge is -2.26. The number of amides is 3. The van der Waals surface area contributed by atoms with Gasteiger partial charge < -0.3 is 37.0 Å². The molecule has 0 saturated carbocycles. The molecular weight excluding hydrogens is 508 g/mol. The van der Waals surface area contributed by atoms with Crippen LogP contribution >= 0.6 is 0 Å². The lowest BCUT2D eigenvalue weighted by molar-refractivity contribution is -0.145. The molecule has 0 spiro atoms. The second-order valence-corrected chi connectivity index (χ2v) is 9.11. The third-order valence-corrected chi connectivity index (χ3v) is 5.88. The number of rotatable bonds is 15. The molecule has 0 heterocycles. The summed E-state index contributed by atoms with van der Waals surface area (Å²) in [6.45, 7) is 1.19. The van der Waals surface area contributed by atoms with Gasteiger partial charge in [-0.25, -0.2) is 4.79 Å². The quantitative estimate of drug-likeness (QED) is 0.156. The van der Waals surface area contributed by atoms with Gasteiger partial charge in [-0.05, 0) is 30.9 Å². The van der Waals surface area contributed by atoms with Crippen LogP contribution in [-0.4, -0.2) is 75.3 Å². The van der Waals surface area contributed by atoms with E-state index in [1.165, 1.54) is 6.92 Å². The topological polar surface area (TPSA) is 208 Å². The average molecular weight is 543 g/mol. The first-order valence-corrected chi connectivity index (χ1v) is 12.3. The van der Waals surface area contributed by atoms with Crippen LogP contribution in [-0.2, 0) is 36.8 Å². The first-order chi connectivity index (χ1) is 18.5. The molecule has 0 bridgehead atoms. The van der Waals surface area contributed by atoms with Gasteiger partial charge in [0, 0.05) is 12.8 Å². The fraction of sp³-hybridized carbons (Fsp3) is 0.370. The van der Waals surface area contributed by atoms with Crippen molar-refractivity contribution in [2.24, 2.45) is 5.73 Å². The normalized spacial score (nSPS) is 14.6. The van der Waals surface area contributed by atoms with Crippen LogP contribution in [0.4, 0.5) is 0 Å². The molecule has 8 N–H and O–H groups in total. The Balaban J connectivity index is 2.22. The lowest BCUT2D eigenvalue weighted by atomic mass is 10.0. The molecule has 3 amide bonds. The second kappa shape index (κ2) is 15.2. The highest BCUT2D eigenvalue weighted by molar-refractivity contribution is 5.94. The number of benzene rings is 2. The van der Waals surface area contributed by atoms with Crippen LogP contribution in [0.2, 0.25) is 0 Å². The molecular formula is C27H34N4O8. The van der Waals surface area contributed by atoms with E-state index in [9.17, 15) is 34.2 Å².